The summed E-state index contributed by atoms with van der Waals surface area (Å²) in [5.74, 6) is 1.19. The molecule has 110 valence electrons. The third-order valence-corrected chi connectivity index (χ3v) is 4.74. The highest BCUT2D eigenvalue weighted by Crippen LogP contribution is 2.25. The molecule has 0 saturated carbocycles. The van der Waals surface area contributed by atoms with Crippen molar-refractivity contribution in [2.45, 2.75) is 37.9 Å². The minimum absolute atomic E-state index is 0.115. The Kier molecular flexibility index (Phi) is 3.76. The van der Waals surface area contributed by atoms with Gasteiger partial charge >= 0.3 is 0 Å². The van der Waals surface area contributed by atoms with E-state index in [2.05, 4.69) is 31.0 Å². The first-order chi connectivity index (χ1) is 10.1. The molecule has 0 radical (unpaired) electrons. The second-order valence-electron chi connectivity index (χ2n) is 5.57. The molecule has 3 rings (SSSR count). The van der Waals surface area contributed by atoms with Crippen molar-refractivity contribution < 1.29 is 5.11 Å². The lowest BCUT2D eigenvalue weighted by molar-refractivity contribution is 0.428. The number of benzene rings is 1. The van der Waals surface area contributed by atoms with Crippen LogP contribution in [0.15, 0.2) is 34.2 Å². The first kappa shape index (κ1) is 14.2. The van der Waals surface area contributed by atoms with Gasteiger partial charge in [-0.2, -0.15) is 4.98 Å². The Hall–Kier alpha value is -1.75. The third-order valence-electron chi connectivity index (χ3n) is 3.78. The van der Waals surface area contributed by atoms with Gasteiger partial charge in [0.25, 0.3) is 5.56 Å². The second-order valence-corrected chi connectivity index (χ2v) is 6.64. The highest BCUT2D eigenvalue weighted by atomic mass is 32.2. The number of aromatic nitrogens is 2. The topological polar surface area (TPSA) is 55.1 Å². The van der Waals surface area contributed by atoms with Gasteiger partial charge in [-0.1, -0.05) is 49.9 Å². The maximum Gasteiger partial charge on any atom is 0.261 e. The molecule has 2 heterocycles. The zero-order chi connectivity index (χ0) is 15.0. The zero-order valence-corrected chi connectivity index (χ0v) is 13.0. The Labute approximate surface area is 127 Å². The molecule has 0 amide bonds. The first-order valence-electron chi connectivity index (χ1n) is 7.10. The Morgan fingerprint density at radius 3 is 2.71 bits per heavy atom. The molecule has 1 aliphatic heterocycles. The highest BCUT2D eigenvalue weighted by molar-refractivity contribution is 7.99. The fourth-order valence-electron chi connectivity index (χ4n) is 2.48. The number of hydrogen-bond donors (Lipinski definition) is 1. The van der Waals surface area contributed by atoms with E-state index < -0.39 is 0 Å². The lowest BCUT2D eigenvalue weighted by Crippen LogP contribution is -2.24. The van der Waals surface area contributed by atoms with Crippen LogP contribution in [-0.2, 0) is 13.0 Å². The summed E-state index contributed by atoms with van der Waals surface area (Å²) >= 11 is 1.51. The van der Waals surface area contributed by atoms with E-state index in [0.717, 1.165) is 11.3 Å². The molecule has 0 spiro atoms. The van der Waals surface area contributed by atoms with Gasteiger partial charge in [-0.05, 0) is 17.0 Å². The van der Waals surface area contributed by atoms with Gasteiger partial charge in [0.15, 0.2) is 5.16 Å². The summed E-state index contributed by atoms with van der Waals surface area (Å²) in [5, 5.41) is 10.6. The Morgan fingerprint density at radius 1 is 1.33 bits per heavy atom. The monoisotopic (exact) mass is 302 g/mol. The van der Waals surface area contributed by atoms with Crippen LogP contribution in [0.4, 0.5) is 0 Å². The van der Waals surface area contributed by atoms with Crippen molar-refractivity contribution in [1.82, 2.24) is 9.55 Å². The van der Waals surface area contributed by atoms with Crippen LogP contribution in [-0.4, -0.2) is 20.4 Å². The standard InChI is InChI=1S/C16H18N2O2S/c1-10(2)12-5-3-11(4-6-12)9-13-14(19)17-16-18(15(13)20)7-8-21-16/h3-6,10,19H,7-9H2,1-2H3. The molecular weight excluding hydrogens is 284 g/mol. The van der Waals surface area contributed by atoms with Crippen LogP contribution in [0.1, 0.15) is 36.5 Å². The summed E-state index contributed by atoms with van der Waals surface area (Å²) in [4.78, 5) is 16.5. The van der Waals surface area contributed by atoms with Gasteiger partial charge in [-0.3, -0.25) is 9.36 Å². The smallest absolute Gasteiger partial charge is 0.261 e. The molecule has 1 N–H and O–H groups in total. The molecule has 1 aromatic heterocycles. The van der Waals surface area contributed by atoms with Crippen molar-refractivity contribution in [2.24, 2.45) is 0 Å². The van der Waals surface area contributed by atoms with Crippen LogP contribution in [0.2, 0.25) is 0 Å². The van der Waals surface area contributed by atoms with Crippen LogP contribution in [0.25, 0.3) is 0 Å². The highest BCUT2D eigenvalue weighted by Gasteiger charge is 2.20. The number of hydrogen-bond acceptors (Lipinski definition) is 4. The Bertz CT molecular complexity index is 720. The predicted octanol–water partition coefficient (Wildman–Crippen LogP) is 2.77. The van der Waals surface area contributed by atoms with Gasteiger partial charge in [-0.25, -0.2) is 0 Å². The van der Waals surface area contributed by atoms with Crippen molar-refractivity contribution in [3.8, 4) is 5.88 Å². The molecule has 0 atom stereocenters. The van der Waals surface area contributed by atoms with E-state index in [1.807, 2.05) is 12.1 Å². The maximum atomic E-state index is 12.4. The van der Waals surface area contributed by atoms with Gasteiger partial charge in [0.2, 0.25) is 5.88 Å². The van der Waals surface area contributed by atoms with Gasteiger partial charge in [0, 0.05) is 18.7 Å². The molecule has 0 saturated heterocycles. The molecule has 0 bridgehead atoms. The fourth-order valence-corrected chi connectivity index (χ4v) is 3.42. The third kappa shape index (κ3) is 2.70. The van der Waals surface area contributed by atoms with Gasteiger partial charge in [0.05, 0.1) is 5.56 Å². The number of rotatable bonds is 3. The Balaban J connectivity index is 1.93. The van der Waals surface area contributed by atoms with E-state index in [-0.39, 0.29) is 11.4 Å². The molecule has 5 heteroatoms. The molecule has 0 fully saturated rings. The van der Waals surface area contributed by atoms with Crippen molar-refractivity contribution >= 4 is 11.8 Å². The van der Waals surface area contributed by atoms with Crippen molar-refractivity contribution in [1.29, 1.82) is 0 Å². The van der Waals surface area contributed by atoms with Crippen LogP contribution >= 0.6 is 11.8 Å². The summed E-state index contributed by atoms with van der Waals surface area (Å²) in [7, 11) is 0. The minimum Gasteiger partial charge on any atom is -0.493 e. The molecule has 0 unspecified atom stereocenters. The molecule has 21 heavy (non-hydrogen) atoms. The summed E-state index contributed by atoms with van der Waals surface area (Å²) in [6.07, 6.45) is 0.418. The molecule has 4 nitrogen and oxygen atoms in total. The van der Waals surface area contributed by atoms with Crippen LogP contribution < -0.4 is 5.56 Å². The van der Waals surface area contributed by atoms with Gasteiger partial charge in [-0.15, -0.1) is 0 Å². The first-order valence-corrected chi connectivity index (χ1v) is 8.09. The summed E-state index contributed by atoms with van der Waals surface area (Å²) < 4.78 is 1.65. The minimum atomic E-state index is -0.131. The number of thioether (sulfide) groups is 1. The van der Waals surface area contributed by atoms with Gasteiger partial charge < -0.3 is 5.11 Å². The maximum absolute atomic E-state index is 12.4. The SMILES string of the molecule is CC(C)c1ccc(Cc2c(O)nc3n(c2=O)CCS3)cc1. The van der Waals surface area contributed by atoms with Crippen LogP contribution in [0.3, 0.4) is 0 Å². The average molecular weight is 302 g/mol. The van der Waals surface area contributed by atoms with E-state index in [1.165, 1.54) is 17.3 Å². The van der Waals surface area contributed by atoms with Crippen molar-refractivity contribution in [2.75, 3.05) is 5.75 Å². The van der Waals surface area contributed by atoms with E-state index in [4.69, 9.17) is 0 Å². The second kappa shape index (κ2) is 5.56. The largest absolute Gasteiger partial charge is 0.493 e. The molecular formula is C16H18N2O2S. The number of aromatic hydroxyl groups is 1. The summed E-state index contributed by atoms with van der Waals surface area (Å²) in [6, 6.07) is 8.18. The number of nitrogens with zero attached hydrogens (tertiary/aromatic N) is 2. The normalized spacial score (nSPS) is 13.7. The average Bonchev–Trinajstić information content (AvgIpc) is 2.92. The molecule has 1 aliphatic rings. The quantitative estimate of drug-likeness (QED) is 0.886. The van der Waals surface area contributed by atoms with E-state index in [9.17, 15) is 9.90 Å². The summed E-state index contributed by atoms with van der Waals surface area (Å²) in [6.45, 7) is 4.97. The van der Waals surface area contributed by atoms with Crippen LogP contribution in [0, 0.1) is 0 Å². The zero-order valence-electron chi connectivity index (χ0n) is 12.2. The van der Waals surface area contributed by atoms with Gasteiger partial charge in [0.1, 0.15) is 0 Å². The Morgan fingerprint density at radius 2 is 2.05 bits per heavy atom. The van der Waals surface area contributed by atoms with E-state index in [1.54, 1.807) is 4.57 Å². The van der Waals surface area contributed by atoms with E-state index >= 15 is 0 Å². The molecule has 0 aliphatic carbocycles. The lowest BCUT2D eigenvalue weighted by atomic mass is 9.99. The summed E-state index contributed by atoms with van der Waals surface area (Å²) in [5.41, 5.74) is 2.55. The van der Waals surface area contributed by atoms with Crippen molar-refractivity contribution in [3.63, 3.8) is 0 Å². The molecule has 1 aromatic carbocycles. The fraction of sp³-hybridized carbons (Fsp3) is 0.375. The predicted molar refractivity (Wildman–Crippen MR) is 84.2 cm³/mol. The molecule has 2 aromatic rings. The number of fused-ring (bicyclic) bond motifs is 1. The van der Waals surface area contributed by atoms with E-state index in [0.29, 0.717) is 29.6 Å². The van der Waals surface area contributed by atoms with Crippen LogP contribution in [0.5, 0.6) is 5.88 Å². The van der Waals surface area contributed by atoms with Crippen molar-refractivity contribution in [3.05, 3.63) is 51.3 Å². The lowest BCUT2D eigenvalue weighted by Gasteiger charge is -2.09.